The van der Waals surface area contributed by atoms with E-state index in [2.05, 4.69) is 16.8 Å². The molecule has 0 saturated carbocycles. The van der Waals surface area contributed by atoms with Crippen LogP contribution in [0.1, 0.15) is 23.0 Å². The van der Waals surface area contributed by atoms with E-state index in [4.69, 9.17) is 0 Å². The molecular weight excluding hydrogens is 330 g/mol. The Balaban J connectivity index is 1.80. The third-order valence-electron chi connectivity index (χ3n) is 5.35. The number of amides is 1. The highest BCUT2D eigenvalue weighted by atomic mass is 16.2. The summed E-state index contributed by atoms with van der Waals surface area (Å²) >= 11 is 0. The zero-order valence-electron chi connectivity index (χ0n) is 15.4. The number of piperazine rings is 1. The van der Waals surface area contributed by atoms with Crippen LogP contribution in [0.4, 0.5) is 0 Å². The SMILES string of the molecule is CCN1CCN(C(=O)c2cc3c(=O)n4cccc(C)c4nc3n2C)CC1. The monoisotopic (exact) mass is 353 g/mol. The number of aromatic nitrogens is 3. The molecule has 136 valence electrons. The van der Waals surface area contributed by atoms with E-state index in [0.29, 0.717) is 35.5 Å². The van der Waals surface area contributed by atoms with Crippen LogP contribution in [0.5, 0.6) is 0 Å². The number of likely N-dealkylation sites (N-methyl/N-ethyl adjacent to an activating group) is 1. The number of carbonyl (C=O) groups is 1. The molecule has 3 aromatic rings. The first kappa shape index (κ1) is 16.8. The van der Waals surface area contributed by atoms with Gasteiger partial charge in [0.1, 0.15) is 17.0 Å². The van der Waals surface area contributed by atoms with E-state index in [1.54, 1.807) is 28.3 Å². The number of pyridine rings is 1. The van der Waals surface area contributed by atoms with Crippen molar-refractivity contribution in [2.45, 2.75) is 13.8 Å². The lowest BCUT2D eigenvalue weighted by Gasteiger charge is -2.34. The molecule has 1 aliphatic heterocycles. The summed E-state index contributed by atoms with van der Waals surface area (Å²) in [4.78, 5) is 34.7. The molecule has 4 heterocycles. The lowest BCUT2D eigenvalue weighted by molar-refractivity contribution is 0.0634. The molecule has 0 aromatic carbocycles. The summed E-state index contributed by atoms with van der Waals surface area (Å²) in [6.45, 7) is 8.25. The largest absolute Gasteiger partial charge is 0.335 e. The van der Waals surface area contributed by atoms with E-state index < -0.39 is 0 Å². The van der Waals surface area contributed by atoms with Gasteiger partial charge in [0.05, 0.1) is 5.39 Å². The van der Waals surface area contributed by atoms with Gasteiger partial charge in [-0.3, -0.25) is 14.0 Å². The van der Waals surface area contributed by atoms with Crippen LogP contribution in [0.3, 0.4) is 0 Å². The van der Waals surface area contributed by atoms with Crippen molar-refractivity contribution in [2.75, 3.05) is 32.7 Å². The van der Waals surface area contributed by atoms with Gasteiger partial charge in [-0.15, -0.1) is 0 Å². The first-order valence-corrected chi connectivity index (χ1v) is 9.00. The molecule has 7 nitrogen and oxygen atoms in total. The highest BCUT2D eigenvalue weighted by molar-refractivity contribution is 5.98. The highest BCUT2D eigenvalue weighted by Crippen LogP contribution is 2.18. The number of hydrogen-bond acceptors (Lipinski definition) is 4. The van der Waals surface area contributed by atoms with Crippen LogP contribution < -0.4 is 5.56 Å². The van der Waals surface area contributed by atoms with Crippen molar-refractivity contribution in [3.63, 3.8) is 0 Å². The number of fused-ring (bicyclic) bond motifs is 2. The molecule has 0 radical (unpaired) electrons. The summed E-state index contributed by atoms with van der Waals surface area (Å²) in [7, 11) is 1.80. The Hall–Kier alpha value is -2.67. The van der Waals surface area contributed by atoms with Gasteiger partial charge >= 0.3 is 0 Å². The molecule has 0 N–H and O–H groups in total. The van der Waals surface area contributed by atoms with Crippen molar-refractivity contribution in [1.82, 2.24) is 23.8 Å². The van der Waals surface area contributed by atoms with E-state index in [1.165, 1.54) is 0 Å². The van der Waals surface area contributed by atoms with Crippen LogP contribution >= 0.6 is 0 Å². The van der Waals surface area contributed by atoms with Crippen molar-refractivity contribution in [2.24, 2.45) is 7.05 Å². The molecule has 0 aliphatic carbocycles. The normalized spacial score (nSPS) is 15.9. The van der Waals surface area contributed by atoms with Gasteiger partial charge in [-0.25, -0.2) is 4.98 Å². The first-order chi connectivity index (χ1) is 12.5. The molecule has 0 spiro atoms. The average Bonchev–Trinajstić information content (AvgIpc) is 2.99. The van der Waals surface area contributed by atoms with E-state index >= 15 is 0 Å². The molecule has 7 heteroatoms. The predicted octanol–water partition coefficient (Wildman–Crippen LogP) is 1.27. The standard InChI is InChI=1S/C19H23N5O2/c1-4-22-8-10-23(11-9-22)19(26)15-12-14-17(21(15)3)20-16-13(2)6-5-7-24(16)18(14)25/h5-7,12H,4,8-11H2,1-3H3. The fourth-order valence-electron chi connectivity index (χ4n) is 3.66. The van der Waals surface area contributed by atoms with E-state index in [1.807, 2.05) is 24.0 Å². The van der Waals surface area contributed by atoms with Crippen molar-refractivity contribution in [3.8, 4) is 0 Å². The number of hydrogen-bond donors (Lipinski definition) is 0. The van der Waals surface area contributed by atoms with Crippen molar-refractivity contribution in [3.05, 3.63) is 46.0 Å². The molecule has 1 amide bonds. The van der Waals surface area contributed by atoms with Crippen LogP contribution in [0.2, 0.25) is 0 Å². The Labute approximate surface area is 151 Å². The fourth-order valence-corrected chi connectivity index (χ4v) is 3.66. The molecule has 0 bridgehead atoms. The molecule has 4 rings (SSSR count). The van der Waals surface area contributed by atoms with Gasteiger partial charge in [-0.1, -0.05) is 13.0 Å². The summed E-state index contributed by atoms with van der Waals surface area (Å²) < 4.78 is 3.30. The molecule has 0 unspecified atom stereocenters. The summed E-state index contributed by atoms with van der Waals surface area (Å²) in [5.74, 6) is -0.0357. The number of nitrogens with zero attached hydrogens (tertiary/aromatic N) is 5. The van der Waals surface area contributed by atoms with E-state index in [9.17, 15) is 9.59 Å². The maximum absolute atomic E-state index is 13.0. The Morgan fingerprint density at radius 1 is 1.19 bits per heavy atom. The van der Waals surface area contributed by atoms with E-state index in [-0.39, 0.29) is 11.5 Å². The summed E-state index contributed by atoms with van der Waals surface area (Å²) in [5, 5.41) is 0.478. The molecular formula is C19H23N5O2. The molecule has 1 aliphatic rings. The predicted molar refractivity (Wildman–Crippen MR) is 101 cm³/mol. The molecule has 26 heavy (non-hydrogen) atoms. The zero-order chi connectivity index (χ0) is 18.4. The Morgan fingerprint density at radius 3 is 2.62 bits per heavy atom. The van der Waals surface area contributed by atoms with Gasteiger partial charge in [0.25, 0.3) is 11.5 Å². The van der Waals surface area contributed by atoms with Crippen molar-refractivity contribution in [1.29, 1.82) is 0 Å². The molecule has 0 atom stereocenters. The zero-order valence-corrected chi connectivity index (χ0v) is 15.4. The quantitative estimate of drug-likeness (QED) is 0.696. The topological polar surface area (TPSA) is 62.9 Å². The fraction of sp³-hybridized carbons (Fsp3) is 0.421. The number of aryl methyl sites for hydroxylation is 2. The maximum atomic E-state index is 13.0. The molecule has 3 aromatic heterocycles. The highest BCUT2D eigenvalue weighted by Gasteiger charge is 2.25. The lowest BCUT2D eigenvalue weighted by atomic mass is 10.2. The lowest BCUT2D eigenvalue weighted by Crippen LogP contribution is -2.48. The smallest absolute Gasteiger partial charge is 0.270 e. The van der Waals surface area contributed by atoms with Gasteiger partial charge in [0, 0.05) is 39.4 Å². The van der Waals surface area contributed by atoms with Crippen LogP contribution in [-0.2, 0) is 7.05 Å². The third kappa shape index (κ3) is 2.50. The second kappa shape index (κ2) is 6.25. The Morgan fingerprint density at radius 2 is 1.92 bits per heavy atom. The third-order valence-corrected chi connectivity index (χ3v) is 5.35. The second-order valence-corrected chi connectivity index (χ2v) is 6.85. The van der Waals surface area contributed by atoms with Crippen LogP contribution in [0.25, 0.3) is 16.7 Å². The van der Waals surface area contributed by atoms with Gasteiger partial charge in [-0.05, 0) is 31.2 Å². The molecule has 1 saturated heterocycles. The van der Waals surface area contributed by atoms with Crippen molar-refractivity contribution >= 4 is 22.6 Å². The summed E-state index contributed by atoms with van der Waals surface area (Å²) in [6.07, 6.45) is 1.72. The first-order valence-electron chi connectivity index (χ1n) is 9.00. The summed E-state index contributed by atoms with van der Waals surface area (Å²) in [6, 6.07) is 5.45. The van der Waals surface area contributed by atoms with Gasteiger partial charge in [0.2, 0.25) is 0 Å². The number of rotatable bonds is 2. The van der Waals surface area contributed by atoms with Crippen molar-refractivity contribution < 1.29 is 4.79 Å². The second-order valence-electron chi connectivity index (χ2n) is 6.85. The summed E-state index contributed by atoms with van der Waals surface area (Å²) in [5.41, 5.74) is 2.49. The Bertz CT molecular complexity index is 1060. The minimum Gasteiger partial charge on any atom is -0.335 e. The minimum absolute atomic E-state index is 0.0357. The average molecular weight is 353 g/mol. The van der Waals surface area contributed by atoms with Crippen LogP contribution in [0, 0.1) is 6.92 Å². The minimum atomic E-state index is -0.140. The molecule has 1 fully saturated rings. The van der Waals surface area contributed by atoms with E-state index in [0.717, 1.165) is 25.2 Å². The van der Waals surface area contributed by atoms with Crippen LogP contribution in [-0.4, -0.2) is 62.4 Å². The van der Waals surface area contributed by atoms with Crippen LogP contribution in [0.15, 0.2) is 29.2 Å². The Kier molecular flexibility index (Phi) is 4.03. The van der Waals surface area contributed by atoms with Gasteiger partial charge in [-0.2, -0.15) is 0 Å². The van der Waals surface area contributed by atoms with Gasteiger partial charge in [0.15, 0.2) is 0 Å². The van der Waals surface area contributed by atoms with Gasteiger partial charge < -0.3 is 14.4 Å². The maximum Gasteiger partial charge on any atom is 0.270 e. The number of carbonyl (C=O) groups excluding carboxylic acids is 1.